The molecule has 0 radical (unpaired) electrons. The maximum absolute atomic E-state index is 13.5. The van der Waals surface area contributed by atoms with Gasteiger partial charge in [-0.1, -0.05) is 17.8 Å². The molecule has 3 nitrogen and oxygen atoms in total. The Morgan fingerprint density at radius 2 is 1.96 bits per heavy atom. The van der Waals surface area contributed by atoms with E-state index in [0.717, 1.165) is 25.7 Å². The molecule has 0 spiro atoms. The fraction of sp³-hybridized carbons (Fsp3) is 0.474. The molecule has 2 aromatic heterocycles. The summed E-state index contributed by atoms with van der Waals surface area (Å²) in [6.07, 6.45) is 0.343. The molecule has 0 bridgehead atoms. The van der Waals surface area contributed by atoms with Crippen LogP contribution in [0.1, 0.15) is 36.8 Å². The van der Waals surface area contributed by atoms with E-state index in [0.29, 0.717) is 10.6 Å². The topological polar surface area (TPSA) is 41.1 Å². The van der Waals surface area contributed by atoms with Gasteiger partial charge in [0.15, 0.2) is 0 Å². The first kappa shape index (κ1) is 20.2. The molecule has 1 fully saturated rings. The Balaban J connectivity index is 1.84. The average molecular weight is 413 g/mol. The standard InChI is InChI=1S/C19H20F3N3S2/c20-19(21,22)15-12-16(17-6-5-10-26-17)24-18(14(15)13-23)27-11-9-25-7-3-1-2-4-8-25/h5-6,10,12H,1-4,7-9,11H2/p+1. The van der Waals surface area contributed by atoms with Crippen LogP contribution in [0.25, 0.3) is 10.6 Å². The van der Waals surface area contributed by atoms with Gasteiger partial charge < -0.3 is 4.90 Å². The molecular weight excluding hydrogens is 391 g/mol. The summed E-state index contributed by atoms with van der Waals surface area (Å²) in [5.41, 5.74) is -0.979. The van der Waals surface area contributed by atoms with Crippen LogP contribution in [0.2, 0.25) is 0 Å². The van der Waals surface area contributed by atoms with E-state index < -0.39 is 11.7 Å². The van der Waals surface area contributed by atoms with Crippen LogP contribution in [-0.2, 0) is 6.18 Å². The molecule has 3 rings (SSSR count). The summed E-state index contributed by atoms with van der Waals surface area (Å²) in [6.45, 7) is 3.10. The molecule has 1 saturated heterocycles. The van der Waals surface area contributed by atoms with Gasteiger partial charge in [0.2, 0.25) is 0 Å². The summed E-state index contributed by atoms with van der Waals surface area (Å²) in [6, 6.07) is 6.25. The zero-order valence-electron chi connectivity index (χ0n) is 14.8. The largest absolute Gasteiger partial charge is 0.417 e. The second-order valence-electron chi connectivity index (χ2n) is 6.58. The van der Waals surface area contributed by atoms with Crippen LogP contribution in [0, 0.1) is 11.3 Å². The Kier molecular flexibility index (Phi) is 6.79. The zero-order valence-corrected chi connectivity index (χ0v) is 16.4. The van der Waals surface area contributed by atoms with Crippen LogP contribution in [-0.4, -0.2) is 30.4 Å². The molecule has 0 amide bonds. The van der Waals surface area contributed by atoms with Gasteiger partial charge in [0.25, 0.3) is 0 Å². The summed E-state index contributed by atoms with van der Waals surface area (Å²) >= 11 is 2.60. The van der Waals surface area contributed by atoms with Gasteiger partial charge in [0.05, 0.1) is 41.3 Å². The second-order valence-corrected chi connectivity index (χ2v) is 8.62. The molecule has 1 N–H and O–H groups in total. The third kappa shape index (κ3) is 5.24. The van der Waals surface area contributed by atoms with Crippen LogP contribution in [0.15, 0.2) is 28.6 Å². The van der Waals surface area contributed by atoms with E-state index in [4.69, 9.17) is 0 Å². The van der Waals surface area contributed by atoms with Crippen LogP contribution >= 0.6 is 23.1 Å². The van der Waals surface area contributed by atoms with Gasteiger partial charge in [-0.15, -0.1) is 11.3 Å². The number of pyridine rings is 1. The van der Waals surface area contributed by atoms with E-state index in [9.17, 15) is 18.4 Å². The lowest BCUT2D eigenvalue weighted by Gasteiger charge is -2.17. The Labute approximate surface area is 165 Å². The quantitative estimate of drug-likeness (QED) is 0.747. The van der Waals surface area contributed by atoms with Gasteiger partial charge in [-0.25, -0.2) is 4.98 Å². The van der Waals surface area contributed by atoms with E-state index in [-0.39, 0.29) is 16.3 Å². The van der Waals surface area contributed by atoms with Crippen molar-refractivity contribution >= 4 is 23.1 Å². The highest BCUT2D eigenvalue weighted by molar-refractivity contribution is 7.99. The SMILES string of the molecule is N#Cc1c(C(F)(F)F)cc(-c2cccs2)nc1SCC[NH+]1CCCCCC1. The normalized spacial score (nSPS) is 16.1. The molecular formula is C19H21F3N3S2+. The number of alkyl halides is 3. The summed E-state index contributed by atoms with van der Waals surface area (Å²) in [7, 11) is 0. The number of rotatable bonds is 5. The minimum Gasteiger partial charge on any atom is -0.334 e. The van der Waals surface area contributed by atoms with Crippen molar-refractivity contribution in [2.75, 3.05) is 25.4 Å². The zero-order chi connectivity index (χ0) is 19.3. The number of nitrogens with one attached hydrogen (secondary N) is 1. The fourth-order valence-electron chi connectivity index (χ4n) is 3.28. The molecule has 0 atom stereocenters. The molecule has 0 unspecified atom stereocenters. The number of hydrogen-bond donors (Lipinski definition) is 1. The van der Waals surface area contributed by atoms with Gasteiger partial charge in [0.1, 0.15) is 11.1 Å². The maximum atomic E-state index is 13.5. The smallest absolute Gasteiger partial charge is 0.334 e. The predicted molar refractivity (Wildman–Crippen MR) is 102 cm³/mol. The number of quaternary nitrogens is 1. The predicted octanol–water partition coefficient (Wildman–Crippen LogP) is 4.25. The van der Waals surface area contributed by atoms with Crippen molar-refractivity contribution in [1.82, 2.24) is 4.98 Å². The minimum atomic E-state index is -4.58. The lowest BCUT2D eigenvalue weighted by atomic mass is 10.1. The number of hydrogen-bond acceptors (Lipinski definition) is 4. The molecule has 144 valence electrons. The van der Waals surface area contributed by atoms with Crippen molar-refractivity contribution in [3.05, 3.63) is 34.7 Å². The number of nitrogens with zero attached hydrogens (tertiary/aromatic N) is 2. The molecule has 1 aliphatic heterocycles. The van der Waals surface area contributed by atoms with E-state index in [1.54, 1.807) is 23.6 Å². The van der Waals surface area contributed by atoms with Crippen LogP contribution in [0.4, 0.5) is 13.2 Å². The highest BCUT2D eigenvalue weighted by Gasteiger charge is 2.36. The minimum absolute atomic E-state index is 0.185. The van der Waals surface area contributed by atoms with Crippen LogP contribution < -0.4 is 4.90 Å². The number of halogens is 3. The first-order valence-electron chi connectivity index (χ1n) is 9.01. The van der Waals surface area contributed by atoms with Crippen LogP contribution in [0.5, 0.6) is 0 Å². The third-order valence-corrected chi connectivity index (χ3v) is 6.55. The Hall–Kier alpha value is -1.56. The fourth-order valence-corrected chi connectivity index (χ4v) is 5.01. The number of likely N-dealkylation sites (tertiary alicyclic amines) is 1. The lowest BCUT2D eigenvalue weighted by molar-refractivity contribution is -0.896. The number of thiophene rings is 1. The first-order valence-corrected chi connectivity index (χ1v) is 10.9. The maximum Gasteiger partial charge on any atom is 0.417 e. The van der Waals surface area contributed by atoms with Gasteiger partial charge in [0, 0.05) is 5.75 Å². The Morgan fingerprint density at radius 3 is 2.56 bits per heavy atom. The Morgan fingerprint density at radius 1 is 1.22 bits per heavy atom. The molecule has 2 aromatic rings. The molecule has 27 heavy (non-hydrogen) atoms. The van der Waals surface area contributed by atoms with Crippen LogP contribution in [0.3, 0.4) is 0 Å². The highest BCUT2D eigenvalue weighted by atomic mass is 32.2. The van der Waals surface area contributed by atoms with Crippen molar-refractivity contribution in [1.29, 1.82) is 5.26 Å². The van der Waals surface area contributed by atoms with Gasteiger partial charge in [-0.3, -0.25) is 0 Å². The van der Waals surface area contributed by atoms with Gasteiger partial charge in [-0.2, -0.15) is 18.4 Å². The lowest BCUT2D eigenvalue weighted by Crippen LogP contribution is -3.12. The van der Waals surface area contributed by atoms with Crippen molar-refractivity contribution < 1.29 is 18.1 Å². The van der Waals surface area contributed by atoms with E-state index in [1.807, 2.05) is 0 Å². The molecule has 0 saturated carbocycles. The first-order chi connectivity index (χ1) is 13.0. The molecule has 8 heteroatoms. The third-order valence-electron chi connectivity index (χ3n) is 4.68. The number of aromatic nitrogens is 1. The van der Waals surface area contributed by atoms with Gasteiger partial charge in [-0.05, 0) is 43.2 Å². The molecule has 3 heterocycles. The molecule has 0 aliphatic carbocycles. The van der Waals surface area contributed by atoms with Crippen molar-refractivity contribution in [3.63, 3.8) is 0 Å². The van der Waals surface area contributed by atoms with Gasteiger partial charge >= 0.3 is 6.18 Å². The number of thioether (sulfide) groups is 1. The summed E-state index contributed by atoms with van der Waals surface area (Å²) in [4.78, 5) is 6.56. The molecule has 0 aromatic carbocycles. The summed E-state index contributed by atoms with van der Waals surface area (Å²) in [5.74, 6) is 0.655. The van der Waals surface area contributed by atoms with Crippen molar-refractivity contribution in [2.45, 2.75) is 36.9 Å². The Bertz CT molecular complexity index is 790. The van der Waals surface area contributed by atoms with E-state index in [1.165, 1.54) is 53.7 Å². The molecule has 1 aliphatic rings. The summed E-state index contributed by atoms with van der Waals surface area (Å²) in [5, 5.41) is 11.4. The van der Waals surface area contributed by atoms with E-state index >= 15 is 0 Å². The van der Waals surface area contributed by atoms with Crippen molar-refractivity contribution in [2.24, 2.45) is 0 Å². The highest BCUT2D eigenvalue weighted by Crippen LogP contribution is 2.38. The average Bonchev–Trinajstić information content (AvgIpc) is 3.05. The number of nitriles is 1. The summed E-state index contributed by atoms with van der Waals surface area (Å²) < 4.78 is 40.5. The second kappa shape index (κ2) is 9.09. The van der Waals surface area contributed by atoms with Crippen molar-refractivity contribution in [3.8, 4) is 16.6 Å². The monoisotopic (exact) mass is 412 g/mol. The van der Waals surface area contributed by atoms with E-state index in [2.05, 4.69) is 4.98 Å².